The Morgan fingerprint density at radius 3 is 2.55 bits per heavy atom. The predicted octanol–water partition coefficient (Wildman–Crippen LogP) is 2.08. The van der Waals surface area contributed by atoms with Crippen LogP contribution in [0.1, 0.15) is 62.0 Å². The number of hydrogen-bond acceptors (Lipinski definition) is 7. The highest BCUT2D eigenvalue weighted by molar-refractivity contribution is 7.92. The van der Waals surface area contributed by atoms with Gasteiger partial charge in [0.25, 0.3) is 5.91 Å². The first-order chi connectivity index (χ1) is 14.5. The van der Waals surface area contributed by atoms with Crippen LogP contribution >= 0.6 is 11.3 Å². The minimum absolute atomic E-state index is 0.0261. The Hall–Kier alpha value is -1.78. The van der Waals surface area contributed by atoms with Gasteiger partial charge in [-0.3, -0.25) is 14.4 Å². The lowest BCUT2D eigenvalue weighted by molar-refractivity contribution is -0.128. The molecule has 0 unspecified atom stereocenters. The lowest BCUT2D eigenvalue weighted by Gasteiger charge is -2.30. The van der Waals surface area contributed by atoms with E-state index in [0.29, 0.717) is 12.8 Å². The van der Waals surface area contributed by atoms with Crippen LogP contribution in [-0.2, 0) is 24.2 Å². The molecule has 0 bridgehead atoms. The summed E-state index contributed by atoms with van der Waals surface area (Å²) in [4.78, 5) is 38.4. The molecule has 2 amide bonds. The molecule has 1 aromatic rings. The third-order valence-electron chi connectivity index (χ3n) is 6.16. The molecule has 1 aromatic heterocycles. The highest BCUT2D eigenvalue weighted by atomic mass is 32.2. The van der Waals surface area contributed by atoms with Gasteiger partial charge in [0.05, 0.1) is 11.0 Å². The SMILES string of the molecule is CC[C@@H]1OCC(=O)[C@H]1NC(=O)[C@H](CC1(C)CCCC1)NC(=O)c1ccc(S(C)(=O)=O)s1. The summed E-state index contributed by atoms with van der Waals surface area (Å²) in [5, 5.41) is 5.57. The molecule has 2 aliphatic rings. The van der Waals surface area contributed by atoms with Crippen LogP contribution in [0.5, 0.6) is 0 Å². The van der Waals surface area contributed by atoms with E-state index in [2.05, 4.69) is 17.6 Å². The molecule has 0 aromatic carbocycles. The number of carbonyl (C=O) groups is 3. The Kier molecular flexibility index (Phi) is 7.22. The van der Waals surface area contributed by atoms with E-state index in [1.165, 1.54) is 12.1 Å². The molecule has 1 aliphatic carbocycles. The molecule has 1 aliphatic heterocycles. The molecule has 1 saturated carbocycles. The molecule has 2 fully saturated rings. The molecule has 31 heavy (non-hydrogen) atoms. The third kappa shape index (κ3) is 5.72. The average molecular weight is 471 g/mol. The molecule has 0 spiro atoms. The van der Waals surface area contributed by atoms with E-state index in [4.69, 9.17) is 4.74 Å². The summed E-state index contributed by atoms with van der Waals surface area (Å²) in [7, 11) is -3.41. The second-order valence-corrected chi connectivity index (χ2v) is 12.2. The van der Waals surface area contributed by atoms with Crippen LogP contribution in [-0.4, -0.2) is 57.1 Å². The number of hydrogen-bond donors (Lipinski definition) is 2. The van der Waals surface area contributed by atoms with Crippen molar-refractivity contribution in [2.45, 2.75) is 74.8 Å². The molecule has 1 saturated heterocycles. The van der Waals surface area contributed by atoms with Gasteiger partial charge in [0.15, 0.2) is 15.6 Å². The first-order valence-corrected chi connectivity index (χ1v) is 13.3. The van der Waals surface area contributed by atoms with Gasteiger partial charge < -0.3 is 15.4 Å². The van der Waals surface area contributed by atoms with Crippen molar-refractivity contribution in [3.8, 4) is 0 Å². The second kappa shape index (κ2) is 9.38. The molecular weight excluding hydrogens is 440 g/mol. The smallest absolute Gasteiger partial charge is 0.262 e. The number of rotatable bonds is 8. The summed E-state index contributed by atoms with van der Waals surface area (Å²) in [5.41, 5.74) is -0.0804. The van der Waals surface area contributed by atoms with Gasteiger partial charge in [0.2, 0.25) is 5.91 Å². The normalized spacial score (nSPS) is 24.2. The summed E-state index contributed by atoms with van der Waals surface area (Å²) in [6.45, 7) is 3.97. The number of ketones is 1. The number of carbonyl (C=O) groups excluding carboxylic acids is 3. The van der Waals surface area contributed by atoms with Crippen LogP contribution in [0, 0.1) is 5.41 Å². The molecule has 8 nitrogen and oxygen atoms in total. The van der Waals surface area contributed by atoms with Crippen LogP contribution in [0.4, 0.5) is 0 Å². The minimum atomic E-state index is -3.41. The Labute approximate surface area is 187 Å². The van der Waals surface area contributed by atoms with Gasteiger partial charge in [-0.15, -0.1) is 11.3 Å². The van der Waals surface area contributed by atoms with Crippen molar-refractivity contribution in [1.82, 2.24) is 10.6 Å². The standard InChI is InChI=1S/C21H30N2O6S2/c1-4-15-18(14(24)12-29-15)23-19(25)13(11-21(2)9-5-6-10-21)22-20(26)16-7-8-17(30-16)31(3,27)28/h7-8,13,15,18H,4-6,9-12H2,1-3H3,(H,22,26)(H,23,25)/t13-,15-,18+/m0/s1. The van der Waals surface area contributed by atoms with E-state index < -0.39 is 33.7 Å². The van der Waals surface area contributed by atoms with Gasteiger partial charge in [-0.2, -0.15) is 0 Å². The molecule has 10 heteroatoms. The molecule has 3 atom stereocenters. The van der Waals surface area contributed by atoms with Gasteiger partial charge in [-0.25, -0.2) is 8.42 Å². The number of sulfone groups is 1. The number of thiophene rings is 1. The lowest BCUT2D eigenvalue weighted by Crippen LogP contribution is -2.54. The number of amides is 2. The van der Waals surface area contributed by atoms with Gasteiger partial charge in [0, 0.05) is 6.26 Å². The third-order valence-corrected chi connectivity index (χ3v) is 9.06. The van der Waals surface area contributed by atoms with Crippen molar-refractivity contribution in [3.05, 3.63) is 17.0 Å². The van der Waals surface area contributed by atoms with Gasteiger partial charge >= 0.3 is 0 Å². The zero-order valence-corrected chi connectivity index (χ0v) is 19.7. The highest BCUT2D eigenvalue weighted by Gasteiger charge is 2.40. The molecule has 172 valence electrons. The molecule has 3 rings (SSSR count). The number of nitrogens with one attached hydrogen (secondary N) is 2. The molecular formula is C21H30N2O6S2. The Bertz CT molecular complexity index is 949. The number of ether oxygens (including phenoxy) is 1. The van der Waals surface area contributed by atoms with Crippen LogP contribution in [0.15, 0.2) is 16.3 Å². The largest absolute Gasteiger partial charge is 0.368 e. The van der Waals surface area contributed by atoms with E-state index >= 15 is 0 Å². The predicted molar refractivity (Wildman–Crippen MR) is 117 cm³/mol. The summed E-state index contributed by atoms with van der Waals surface area (Å²) in [6, 6.07) is 1.30. The minimum Gasteiger partial charge on any atom is -0.368 e. The molecule has 2 N–H and O–H groups in total. The van der Waals surface area contributed by atoms with E-state index in [1.54, 1.807) is 0 Å². The zero-order valence-electron chi connectivity index (χ0n) is 18.1. The summed E-state index contributed by atoms with van der Waals surface area (Å²) >= 11 is 0.875. The quantitative estimate of drug-likeness (QED) is 0.601. The van der Waals surface area contributed by atoms with Crippen molar-refractivity contribution in [1.29, 1.82) is 0 Å². The van der Waals surface area contributed by atoms with E-state index in [9.17, 15) is 22.8 Å². The first-order valence-electron chi connectivity index (χ1n) is 10.6. The van der Waals surface area contributed by atoms with Crippen LogP contribution in [0.3, 0.4) is 0 Å². The fraction of sp³-hybridized carbons (Fsp3) is 0.667. The van der Waals surface area contributed by atoms with Gasteiger partial charge in [-0.1, -0.05) is 26.7 Å². The lowest BCUT2D eigenvalue weighted by atomic mass is 9.81. The second-order valence-electron chi connectivity index (χ2n) is 8.85. The highest BCUT2D eigenvalue weighted by Crippen LogP contribution is 2.41. The Morgan fingerprint density at radius 2 is 1.97 bits per heavy atom. The fourth-order valence-corrected chi connectivity index (χ4v) is 6.20. The fourth-order valence-electron chi connectivity index (χ4n) is 4.37. The monoisotopic (exact) mass is 470 g/mol. The molecule has 2 heterocycles. The van der Waals surface area contributed by atoms with Crippen molar-refractivity contribution >= 4 is 38.8 Å². The zero-order chi connectivity index (χ0) is 22.8. The summed E-state index contributed by atoms with van der Waals surface area (Å²) in [5.74, 6) is -1.08. The molecule has 0 radical (unpaired) electrons. The average Bonchev–Trinajstić information content (AvgIpc) is 3.42. The maximum Gasteiger partial charge on any atom is 0.262 e. The van der Waals surface area contributed by atoms with Crippen molar-refractivity contribution in [2.75, 3.05) is 12.9 Å². The van der Waals surface area contributed by atoms with E-state index in [0.717, 1.165) is 43.3 Å². The van der Waals surface area contributed by atoms with Crippen molar-refractivity contribution < 1.29 is 27.5 Å². The maximum absolute atomic E-state index is 13.1. The first kappa shape index (κ1) is 23.9. The van der Waals surface area contributed by atoms with E-state index in [-0.39, 0.29) is 33.0 Å². The Balaban J connectivity index is 1.77. The maximum atomic E-state index is 13.1. The Morgan fingerprint density at radius 1 is 1.29 bits per heavy atom. The van der Waals surface area contributed by atoms with Crippen molar-refractivity contribution in [3.63, 3.8) is 0 Å². The summed E-state index contributed by atoms with van der Waals surface area (Å²) in [6.07, 6.45) is 5.84. The van der Waals surface area contributed by atoms with E-state index in [1.807, 2.05) is 6.92 Å². The van der Waals surface area contributed by atoms with Crippen LogP contribution < -0.4 is 10.6 Å². The topological polar surface area (TPSA) is 119 Å². The van der Waals surface area contributed by atoms with Crippen molar-refractivity contribution in [2.24, 2.45) is 5.41 Å². The van der Waals surface area contributed by atoms with Gasteiger partial charge in [-0.05, 0) is 43.2 Å². The van der Waals surface area contributed by atoms with Crippen LogP contribution in [0.2, 0.25) is 0 Å². The van der Waals surface area contributed by atoms with Crippen LogP contribution in [0.25, 0.3) is 0 Å². The van der Waals surface area contributed by atoms with Gasteiger partial charge in [0.1, 0.15) is 22.9 Å². The summed E-state index contributed by atoms with van der Waals surface area (Å²) < 4.78 is 29.0. The number of Topliss-reactive ketones (excluding diaryl/α,β-unsaturated/α-hetero) is 1.